The number of alkyl halides is 3. The van der Waals surface area contributed by atoms with Crippen LogP contribution in [-0.2, 0) is 9.47 Å². The van der Waals surface area contributed by atoms with Crippen molar-refractivity contribution in [2.45, 2.75) is 51.4 Å². The maximum Gasteiger partial charge on any atom is 0.451 e. The Bertz CT molecular complexity index is 826. The third-order valence-corrected chi connectivity index (χ3v) is 4.79. The van der Waals surface area contributed by atoms with Gasteiger partial charge in [-0.3, -0.25) is 4.99 Å². The van der Waals surface area contributed by atoms with Gasteiger partial charge in [0.2, 0.25) is 5.84 Å². The quantitative estimate of drug-likeness (QED) is 0.672. The van der Waals surface area contributed by atoms with Crippen molar-refractivity contribution >= 4 is 17.8 Å². The molecule has 0 aliphatic carbocycles. The van der Waals surface area contributed by atoms with Crippen LogP contribution in [0.2, 0.25) is 0 Å². The molecule has 11 heteroatoms. The van der Waals surface area contributed by atoms with E-state index in [1.165, 1.54) is 0 Å². The average Bonchev–Trinajstić information content (AvgIpc) is 3.00. The van der Waals surface area contributed by atoms with Gasteiger partial charge in [-0.15, -0.1) is 0 Å². The number of fused-ring (bicyclic) bond motifs is 2. The van der Waals surface area contributed by atoms with Gasteiger partial charge in [0.05, 0.1) is 11.6 Å². The second-order valence-corrected chi connectivity index (χ2v) is 7.78. The summed E-state index contributed by atoms with van der Waals surface area (Å²) in [5.74, 6) is -1.92. The van der Waals surface area contributed by atoms with Gasteiger partial charge in [0.15, 0.2) is 0 Å². The number of nitrogens with two attached hydrogens (primary N) is 1. The van der Waals surface area contributed by atoms with Crippen LogP contribution in [0.5, 0.6) is 0 Å². The van der Waals surface area contributed by atoms with E-state index in [0.29, 0.717) is 0 Å². The first kappa shape index (κ1) is 20.1. The monoisotopic (exact) mass is 399 g/mol. The molecule has 1 spiro atoms. The standard InChI is InChI=1S/C17H20F3N5O3/c1-15(2,3)28-14(26)25-11(22)9(8-21)16(4-6-27-7-5-16)10-12(25)24-13(23-10)17(18,19)20/h10H,4-7,22H2,1-3H3. The molecule has 0 aromatic rings. The summed E-state index contributed by atoms with van der Waals surface area (Å²) in [4.78, 5) is 20.8. The van der Waals surface area contributed by atoms with E-state index >= 15 is 0 Å². The predicted octanol–water partition coefficient (Wildman–Crippen LogP) is 2.47. The Balaban J connectivity index is 2.18. The van der Waals surface area contributed by atoms with Gasteiger partial charge in [-0.25, -0.2) is 14.7 Å². The van der Waals surface area contributed by atoms with Gasteiger partial charge in [0.25, 0.3) is 0 Å². The van der Waals surface area contributed by atoms with Crippen molar-refractivity contribution in [2.24, 2.45) is 21.1 Å². The number of carbonyl (C=O) groups excluding carboxylic acids is 1. The van der Waals surface area contributed by atoms with Crippen LogP contribution < -0.4 is 5.73 Å². The van der Waals surface area contributed by atoms with Crippen molar-refractivity contribution in [3.8, 4) is 6.07 Å². The van der Waals surface area contributed by atoms with Crippen LogP contribution in [0.1, 0.15) is 33.6 Å². The first-order chi connectivity index (χ1) is 12.9. The van der Waals surface area contributed by atoms with Crippen molar-refractivity contribution in [3.63, 3.8) is 0 Å². The van der Waals surface area contributed by atoms with Crippen molar-refractivity contribution in [3.05, 3.63) is 11.4 Å². The lowest BCUT2D eigenvalue weighted by Crippen LogP contribution is -2.57. The zero-order valence-electron chi connectivity index (χ0n) is 15.6. The molecule has 3 rings (SSSR count). The molecule has 0 bridgehead atoms. The highest BCUT2D eigenvalue weighted by Crippen LogP contribution is 2.49. The van der Waals surface area contributed by atoms with Crippen LogP contribution in [0.4, 0.5) is 18.0 Å². The first-order valence-corrected chi connectivity index (χ1v) is 8.65. The van der Waals surface area contributed by atoms with Gasteiger partial charge in [-0.05, 0) is 33.6 Å². The minimum Gasteiger partial charge on any atom is -0.443 e. The summed E-state index contributed by atoms with van der Waals surface area (Å²) in [6, 6.07) is 0.794. The molecule has 1 amide bonds. The molecule has 2 N–H and O–H groups in total. The summed E-state index contributed by atoms with van der Waals surface area (Å²) >= 11 is 0. The fraction of sp³-hybridized carbons (Fsp3) is 0.647. The van der Waals surface area contributed by atoms with Crippen LogP contribution >= 0.6 is 0 Å². The van der Waals surface area contributed by atoms with Crippen LogP contribution in [0.3, 0.4) is 0 Å². The summed E-state index contributed by atoms with van der Waals surface area (Å²) in [7, 11) is 0. The lowest BCUT2D eigenvalue weighted by molar-refractivity contribution is -0.0598. The number of rotatable bonds is 0. The molecular weight excluding hydrogens is 379 g/mol. The molecule has 3 heterocycles. The fourth-order valence-electron chi connectivity index (χ4n) is 3.61. The number of ether oxygens (including phenoxy) is 2. The fourth-order valence-corrected chi connectivity index (χ4v) is 3.61. The SMILES string of the molecule is CC(C)(C)OC(=O)N1C2=NC(C(F)(F)F)=NC2C2(CCOCC2)C(C#N)=C1N. The van der Waals surface area contributed by atoms with Gasteiger partial charge < -0.3 is 15.2 Å². The van der Waals surface area contributed by atoms with Gasteiger partial charge in [-0.1, -0.05) is 0 Å². The van der Waals surface area contributed by atoms with E-state index in [0.717, 1.165) is 4.90 Å². The van der Waals surface area contributed by atoms with Gasteiger partial charge >= 0.3 is 12.3 Å². The highest BCUT2D eigenvalue weighted by Gasteiger charge is 2.58. The van der Waals surface area contributed by atoms with E-state index in [1.54, 1.807) is 20.8 Å². The normalized spacial score (nSPS) is 24.5. The van der Waals surface area contributed by atoms with Gasteiger partial charge in [0, 0.05) is 18.6 Å². The second kappa shape index (κ2) is 6.48. The Hall–Kier alpha value is -2.61. The molecule has 0 radical (unpaired) electrons. The molecule has 0 saturated carbocycles. The third kappa shape index (κ3) is 3.22. The minimum atomic E-state index is -4.81. The molecule has 1 saturated heterocycles. The van der Waals surface area contributed by atoms with E-state index in [2.05, 4.69) is 9.98 Å². The van der Waals surface area contributed by atoms with E-state index in [4.69, 9.17) is 15.2 Å². The Morgan fingerprint density at radius 3 is 2.46 bits per heavy atom. The third-order valence-electron chi connectivity index (χ3n) is 4.79. The minimum absolute atomic E-state index is 0.00205. The Labute approximate surface area is 159 Å². The van der Waals surface area contributed by atoms with Gasteiger partial charge in [-0.2, -0.15) is 18.4 Å². The van der Waals surface area contributed by atoms with Crippen LogP contribution in [0, 0.1) is 16.7 Å². The molecule has 152 valence electrons. The number of aliphatic imine (C=N–C) groups is 2. The molecule has 0 aromatic heterocycles. The average molecular weight is 399 g/mol. The van der Waals surface area contributed by atoms with Crippen molar-refractivity contribution < 1.29 is 27.4 Å². The lowest BCUT2D eigenvalue weighted by Gasteiger charge is -2.46. The molecular formula is C17H20F3N5O3. The molecule has 3 aliphatic heterocycles. The highest BCUT2D eigenvalue weighted by molar-refractivity contribution is 6.13. The van der Waals surface area contributed by atoms with Crippen molar-refractivity contribution in [1.82, 2.24) is 4.90 Å². The van der Waals surface area contributed by atoms with Crippen LogP contribution in [0.25, 0.3) is 0 Å². The summed E-state index contributed by atoms with van der Waals surface area (Å²) in [5, 5.41) is 9.74. The Kier molecular flexibility index (Phi) is 4.66. The maximum atomic E-state index is 13.3. The number of hydrogen-bond acceptors (Lipinski definition) is 7. The molecule has 3 aliphatic rings. The van der Waals surface area contributed by atoms with Crippen LogP contribution in [-0.4, -0.2) is 53.7 Å². The van der Waals surface area contributed by atoms with Crippen molar-refractivity contribution in [2.75, 3.05) is 13.2 Å². The number of amidine groups is 2. The van der Waals surface area contributed by atoms with Crippen LogP contribution in [0.15, 0.2) is 21.4 Å². The lowest BCUT2D eigenvalue weighted by atomic mass is 9.66. The summed E-state index contributed by atoms with van der Waals surface area (Å²) < 4.78 is 50.6. The molecule has 8 nitrogen and oxygen atoms in total. The van der Waals surface area contributed by atoms with E-state index in [1.807, 2.05) is 6.07 Å². The molecule has 1 atom stereocenters. The van der Waals surface area contributed by atoms with E-state index < -0.39 is 35.2 Å². The van der Waals surface area contributed by atoms with Gasteiger partial charge in [0.1, 0.15) is 23.3 Å². The molecule has 1 unspecified atom stereocenters. The number of nitrogens with zero attached hydrogens (tertiary/aromatic N) is 4. The molecule has 1 fully saturated rings. The van der Waals surface area contributed by atoms with Crippen molar-refractivity contribution in [1.29, 1.82) is 5.26 Å². The molecule has 0 aromatic carbocycles. The smallest absolute Gasteiger partial charge is 0.443 e. The maximum absolute atomic E-state index is 13.3. The topological polar surface area (TPSA) is 113 Å². The molecule has 28 heavy (non-hydrogen) atoms. The Morgan fingerprint density at radius 1 is 1.36 bits per heavy atom. The largest absolute Gasteiger partial charge is 0.451 e. The zero-order valence-corrected chi connectivity index (χ0v) is 15.6. The van der Waals surface area contributed by atoms with E-state index in [-0.39, 0.29) is 43.3 Å². The number of carbonyl (C=O) groups is 1. The summed E-state index contributed by atoms with van der Waals surface area (Å²) in [6.07, 6.45) is -5.35. The first-order valence-electron chi connectivity index (χ1n) is 8.65. The zero-order chi connectivity index (χ0) is 20.9. The van der Waals surface area contributed by atoms with E-state index in [9.17, 15) is 23.2 Å². The highest BCUT2D eigenvalue weighted by atomic mass is 19.4. The predicted molar refractivity (Wildman–Crippen MR) is 92.1 cm³/mol. The number of nitriles is 1. The summed E-state index contributed by atoms with van der Waals surface area (Å²) in [6.45, 7) is 5.26. The second-order valence-electron chi connectivity index (χ2n) is 7.78. The number of amides is 1. The number of hydrogen-bond donors (Lipinski definition) is 1. The number of halogens is 3. The Morgan fingerprint density at radius 2 is 1.96 bits per heavy atom. The summed E-state index contributed by atoms with van der Waals surface area (Å²) in [5.41, 5.74) is 4.06.